The summed E-state index contributed by atoms with van der Waals surface area (Å²) < 4.78 is 79.1. The summed E-state index contributed by atoms with van der Waals surface area (Å²) in [6, 6.07) is 2.88. The molecular weight excluding hydrogens is 378 g/mol. The van der Waals surface area contributed by atoms with E-state index in [1.165, 1.54) is 0 Å². The standard InChI is InChI=1S/C17H10F6N2O2/c18-8-1-3-10(14(22)12(8)20)24-16(26)6-5-7(6)17(27)25-11-4-2-9(19)13(21)15(11)23/h1-4,6-7H,5H2,(H,24,26)(H,25,27). The zero-order chi connectivity index (χ0) is 19.9. The third-order valence-corrected chi connectivity index (χ3v) is 4.05. The van der Waals surface area contributed by atoms with Crippen molar-refractivity contribution in [3.63, 3.8) is 0 Å². The normalized spacial score (nSPS) is 18.1. The van der Waals surface area contributed by atoms with E-state index in [2.05, 4.69) is 0 Å². The first-order valence-corrected chi connectivity index (χ1v) is 7.59. The first-order valence-electron chi connectivity index (χ1n) is 7.59. The van der Waals surface area contributed by atoms with Crippen LogP contribution in [0.5, 0.6) is 0 Å². The number of rotatable bonds is 4. The number of carbonyl (C=O) groups excluding carboxylic acids is 2. The summed E-state index contributed by atoms with van der Waals surface area (Å²) in [5.74, 6) is -13.1. The van der Waals surface area contributed by atoms with E-state index in [1.807, 2.05) is 10.6 Å². The lowest BCUT2D eigenvalue weighted by Gasteiger charge is -2.08. The van der Waals surface area contributed by atoms with Gasteiger partial charge in [0.25, 0.3) is 0 Å². The summed E-state index contributed by atoms with van der Waals surface area (Å²) in [4.78, 5) is 24.0. The molecule has 3 rings (SSSR count). The van der Waals surface area contributed by atoms with Crippen LogP contribution in [0.1, 0.15) is 6.42 Å². The molecule has 0 radical (unpaired) electrons. The number of nitrogens with one attached hydrogen (secondary N) is 2. The van der Waals surface area contributed by atoms with Crippen LogP contribution in [0.3, 0.4) is 0 Å². The molecule has 4 nitrogen and oxygen atoms in total. The van der Waals surface area contributed by atoms with E-state index in [0.717, 1.165) is 12.1 Å². The molecule has 10 heteroatoms. The van der Waals surface area contributed by atoms with Crippen molar-refractivity contribution in [3.8, 4) is 0 Å². The number of amides is 2. The highest BCUT2D eigenvalue weighted by Gasteiger charge is 2.48. The number of hydrogen-bond donors (Lipinski definition) is 2. The average Bonchev–Trinajstić information content (AvgIpc) is 3.43. The van der Waals surface area contributed by atoms with Gasteiger partial charge in [0.1, 0.15) is 0 Å². The van der Waals surface area contributed by atoms with Gasteiger partial charge in [-0.1, -0.05) is 0 Å². The quantitative estimate of drug-likeness (QED) is 0.620. The molecule has 1 aliphatic rings. The Labute approximate surface area is 148 Å². The Balaban J connectivity index is 1.64. The third-order valence-electron chi connectivity index (χ3n) is 4.05. The van der Waals surface area contributed by atoms with Gasteiger partial charge in [-0.3, -0.25) is 9.59 Å². The summed E-state index contributed by atoms with van der Waals surface area (Å²) >= 11 is 0. The van der Waals surface area contributed by atoms with Crippen LogP contribution in [-0.4, -0.2) is 11.8 Å². The lowest BCUT2D eigenvalue weighted by molar-refractivity contribution is -0.122. The van der Waals surface area contributed by atoms with Crippen molar-refractivity contribution in [2.75, 3.05) is 10.6 Å². The van der Waals surface area contributed by atoms with E-state index < -0.39 is 69.9 Å². The Bertz CT molecular complexity index is 874. The monoisotopic (exact) mass is 388 g/mol. The molecule has 2 aromatic rings. The fourth-order valence-electron chi connectivity index (χ4n) is 2.47. The molecule has 2 amide bonds. The Morgan fingerprint density at radius 2 is 1.04 bits per heavy atom. The first-order chi connectivity index (χ1) is 12.7. The molecular formula is C17H10F6N2O2. The molecule has 2 N–H and O–H groups in total. The largest absolute Gasteiger partial charge is 0.323 e. The maximum atomic E-state index is 13.5. The highest BCUT2D eigenvalue weighted by atomic mass is 19.2. The van der Waals surface area contributed by atoms with Crippen molar-refractivity contribution in [2.45, 2.75) is 6.42 Å². The molecule has 0 saturated heterocycles. The summed E-state index contributed by atoms with van der Waals surface area (Å²) in [6.45, 7) is 0. The van der Waals surface area contributed by atoms with Crippen molar-refractivity contribution in [1.82, 2.24) is 0 Å². The van der Waals surface area contributed by atoms with E-state index in [1.54, 1.807) is 0 Å². The Morgan fingerprint density at radius 3 is 1.41 bits per heavy atom. The van der Waals surface area contributed by atoms with Gasteiger partial charge in [0.2, 0.25) is 11.8 Å². The Morgan fingerprint density at radius 1 is 0.667 bits per heavy atom. The molecule has 1 aliphatic carbocycles. The molecule has 1 fully saturated rings. The van der Waals surface area contributed by atoms with Crippen molar-refractivity contribution in [2.24, 2.45) is 11.8 Å². The predicted octanol–water partition coefficient (Wildman–Crippen LogP) is 3.73. The van der Waals surface area contributed by atoms with Gasteiger partial charge in [0.05, 0.1) is 23.2 Å². The maximum absolute atomic E-state index is 13.5. The topological polar surface area (TPSA) is 58.2 Å². The maximum Gasteiger partial charge on any atom is 0.228 e. The van der Waals surface area contributed by atoms with Crippen LogP contribution in [0.25, 0.3) is 0 Å². The molecule has 0 aliphatic heterocycles. The average molecular weight is 388 g/mol. The van der Waals surface area contributed by atoms with Gasteiger partial charge in [-0.05, 0) is 30.7 Å². The first kappa shape index (κ1) is 18.7. The van der Waals surface area contributed by atoms with Crippen molar-refractivity contribution in [3.05, 3.63) is 59.2 Å². The number of anilines is 2. The van der Waals surface area contributed by atoms with Gasteiger partial charge in [-0.25, -0.2) is 26.3 Å². The molecule has 142 valence electrons. The molecule has 2 aromatic carbocycles. The Kier molecular flexibility index (Phi) is 4.81. The number of carbonyl (C=O) groups is 2. The molecule has 0 spiro atoms. The van der Waals surface area contributed by atoms with Crippen LogP contribution in [-0.2, 0) is 9.59 Å². The third kappa shape index (κ3) is 3.60. The van der Waals surface area contributed by atoms with Gasteiger partial charge in [0.15, 0.2) is 34.9 Å². The molecule has 0 bridgehead atoms. The predicted molar refractivity (Wildman–Crippen MR) is 81.5 cm³/mol. The van der Waals surface area contributed by atoms with E-state index in [0.29, 0.717) is 12.1 Å². The minimum absolute atomic E-state index is 0.0221. The second-order valence-electron chi connectivity index (χ2n) is 5.87. The second-order valence-corrected chi connectivity index (χ2v) is 5.87. The van der Waals surface area contributed by atoms with E-state index >= 15 is 0 Å². The van der Waals surface area contributed by atoms with Crippen LogP contribution in [0.2, 0.25) is 0 Å². The van der Waals surface area contributed by atoms with Crippen LogP contribution in [0, 0.1) is 46.7 Å². The van der Waals surface area contributed by atoms with Gasteiger partial charge >= 0.3 is 0 Å². The number of halogens is 6. The fourth-order valence-corrected chi connectivity index (χ4v) is 2.47. The van der Waals surface area contributed by atoms with Crippen molar-refractivity contribution in [1.29, 1.82) is 0 Å². The van der Waals surface area contributed by atoms with Crippen LogP contribution in [0.15, 0.2) is 24.3 Å². The van der Waals surface area contributed by atoms with E-state index in [9.17, 15) is 35.9 Å². The molecule has 2 unspecified atom stereocenters. The zero-order valence-electron chi connectivity index (χ0n) is 13.3. The smallest absolute Gasteiger partial charge is 0.228 e. The summed E-state index contributed by atoms with van der Waals surface area (Å²) in [7, 11) is 0. The highest BCUT2D eigenvalue weighted by molar-refractivity contribution is 6.03. The minimum atomic E-state index is -1.76. The van der Waals surface area contributed by atoms with Gasteiger partial charge in [-0.2, -0.15) is 0 Å². The lowest BCUT2D eigenvalue weighted by Crippen LogP contribution is -2.21. The number of hydrogen-bond acceptors (Lipinski definition) is 2. The Hall–Kier alpha value is -3.04. The van der Waals surface area contributed by atoms with Crippen molar-refractivity contribution >= 4 is 23.2 Å². The van der Waals surface area contributed by atoms with Gasteiger partial charge in [0, 0.05) is 0 Å². The summed E-state index contributed by atoms with van der Waals surface area (Å²) in [5, 5.41) is 4.07. The van der Waals surface area contributed by atoms with E-state index in [4.69, 9.17) is 0 Å². The van der Waals surface area contributed by atoms with Crippen molar-refractivity contribution < 1.29 is 35.9 Å². The molecule has 0 aromatic heterocycles. The van der Waals surface area contributed by atoms with E-state index in [-0.39, 0.29) is 6.42 Å². The van der Waals surface area contributed by atoms with Crippen LogP contribution < -0.4 is 10.6 Å². The summed E-state index contributed by atoms with van der Waals surface area (Å²) in [6.07, 6.45) is 0.0221. The SMILES string of the molecule is O=C(Nc1ccc(F)c(F)c1F)C1CC1C(=O)Nc1ccc(F)c(F)c1F. The molecule has 2 atom stereocenters. The number of benzene rings is 2. The summed E-state index contributed by atoms with van der Waals surface area (Å²) in [5.41, 5.74) is -1.20. The lowest BCUT2D eigenvalue weighted by atomic mass is 10.2. The molecule has 0 heterocycles. The van der Waals surface area contributed by atoms with Gasteiger partial charge in [-0.15, -0.1) is 0 Å². The molecule has 1 saturated carbocycles. The van der Waals surface area contributed by atoms with Crippen LogP contribution in [0.4, 0.5) is 37.7 Å². The molecule has 27 heavy (non-hydrogen) atoms. The minimum Gasteiger partial charge on any atom is -0.323 e. The van der Waals surface area contributed by atoms with Crippen LogP contribution >= 0.6 is 0 Å². The highest BCUT2D eigenvalue weighted by Crippen LogP contribution is 2.40. The van der Waals surface area contributed by atoms with Gasteiger partial charge < -0.3 is 10.6 Å². The second kappa shape index (κ2) is 6.93. The zero-order valence-corrected chi connectivity index (χ0v) is 13.3. The fraction of sp³-hybridized carbons (Fsp3) is 0.176.